The average Bonchev–Trinajstić information content (AvgIpc) is 2.94. The maximum Gasteiger partial charge on any atom is 0.313 e. The molecule has 0 spiro atoms. The molecule has 5 nitrogen and oxygen atoms in total. The summed E-state index contributed by atoms with van der Waals surface area (Å²) in [6.07, 6.45) is 2.77. The number of carbonyl (C=O) groups is 1. The molecule has 4 rings (SSSR count). The second kappa shape index (κ2) is 13.5. The Balaban J connectivity index is 0.00000400. The molecule has 199 valence electrons. The van der Waals surface area contributed by atoms with Gasteiger partial charge in [0, 0.05) is 32.7 Å². The first-order valence-corrected chi connectivity index (χ1v) is 13.3. The molecule has 1 aliphatic rings. The number of carboxylic acids is 1. The number of carboxylic acid groups (broad SMARTS) is 1. The van der Waals surface area contributed by atoms with Crippen molar-refractivity contribution in [2.75, 3.05) is 19.6 Å². The third-order valence-electron chi connectivity index (χ3n) is 8.11. The van der Waals surface area contributed by atoms with Gasteiger partial charge in [-0.3, -0.25) is 4.79 Å². The monoisotopic (exact) mass is 590 g/mol. The summed E-state index contributed by atoms with van der Waals surface area (Å²) in [6, 6.07) is 27.3. The Hall–Kier alpha value is -1.89. The van der Waals surface area contributed by atoms with E-state index in [2.05, 4.69) is 4.90 Å². The number of hydrogen-bond donors (Lipinski definition) is 3. The van der Waals surface area contributed by atoms with E-state index >= 15 is 0 Å². The van der Waals surface area contributed by atoms with Gasteiger partial charge < -0.3 is 20.2 Å². The molecule has 1 heterocycles. The number of aliphatic hydroxyl groups is 2. The van der Waals surface area contributed by atoms with E-state index in [0.717, 1.165) is 61.2 Å². The van der Waals surface area contributed by atoms with Crippen molar-refractivity contribution in [3.05, 3.63) is 107 Å². The molecule has 0 bridgehead atoms. The van der Waals surface area contributed by atoms with Gasteiger partial charge in [-0.1, -0.05) is 84.9 Å². The molecule has 6 heteroatoms. The predicted molar refractivity (Wildman–Crippen MR) is 146 cm³/mol. The van der Waals surface area contributed by atoms with Crippen molar-refractivity contribution >= 4 is 5.97 Å². The summed E-state index contributed by atoms with van der Waals surface area (Å²) in [5.41, 5.74) is 1.47. The van der Waals surface area contributed by atoms with Crippen molar-refractivity contribution in [3.8, 4) is 0 Å². The van der Waals surface area contributed by atoms with Crippen LogP contribution in [0.4, 0.5) is 0 Å². The zero-order chi connectivity index (χ0) is 26.5. The molecule has 1 radical (unpaired) electrons. The van der Waals surface area contributed by atoms with Crippen LogP contribution in [-0.4, -0.2) is 45.8 Å². The van der Waals surface area contributed by atoms with Crippen LogP contribution in [0.5, 0.6) is 0 Å². The van der Waals surface area contributed by atoms with Gasteiger partial charge in [0.25, 0.3) is 0 Å². The second-order valence-corrected chi connectivity index (χ2v) is 10.8. The van der Waals surface area contributed by atoms with Crippen molar-refractivity contribution in [2.24, 2.45) is 5.92 Å². The van der Waals surface area contributed by atoms with Crippen LogP contribution in [0.3, 0.4) is 0 Å². The maximum atomic E-state index is 12.1. The summed E-state index contributed by atoms with van der Waals surface area (Å²) in [4.78, 5) is 13.9. The van der Waals surface area contributed by atoms with E-state index in [9.17, 15) is 20.1 Å². The quantitative estimate of drug-likeness (QED) is 0.290. The van der Waals surface area contributed by atoms with E-state index in [1.54, 1.807) is 26.0 Å². The largest absolute Gasteiger partial charge is 0.481 e. The van der Waals surface area contributed by atoms with Gasteiger partial charge in [0.2, 0.25) is 0 Å². The molecule has 0 aliphatic carbocycles. The Labute approximate surface area is 251 Å². The number of hydrogen-bond acceptors (Lipinski definition) is 4. The van der Waals surface area contributed by atoms with Gasteiger partial charge in [0.1, 0.15) is 5.60 Å². The maximum absolute atomic E-state index is 12.1. The first-order valence-electron chi connectivity index (χ1n) is 13.3. The van der Waals surface area contributed by atoms with Crippen molar-refractivity contribution in [1.82, 2.24) is 4.90 Å². The van der Waals surface area contributed by atoms with Crippen LogP contribution in [0, 0.1) is 5.92 Å². The molecular formula is C32H39NO4Y. The fraction of sp³-hybridized carbons (Fsp3) is 0.406. The number of likely N-dealkylation sites (tertiary alicyclic amines) is 1. The molecule has 1 atom stereocenters. The SMILES string of the molecule is CC(C)(C(=O)O)c1ccc(C(O)CCCN2CCC(C(O)(c3ccccc3)c3ccccc3)CC2)cc1.[Y]. The number of piperidine rings is 1. The Morgan fingerprint density at radius 1 is 0.868 bits per heavy atom. The molecular weight excluding hydrogens is 551 g/mol. The summed E-state index contributed by atoms with van der Waals surface area (Å²) in [7, 11) is 0. The molecule has 0 amide bonds. The molecule has 0 saturated carbocycles. The van der Waals surface area contributed by atoms with Gasteiger partial charge in [-0.25, -0.2) is 0 Å². The van der Waals surface area contributed by atoms with Crippen LogP contribution in [-0.2, 0) is 48.5 Å². The smallest absolute Gasteiger partial charge is 0.313 e. The molecule has 3 N–H and O–H groups in total. The van der Waals surface area contributed by atoms with Crippen LogP contribution in [0.2, 0.25) is 0 Å². The minimum atomic E-state index is -1.01. The van der Waals surface area contributed by atoms with Crippen LogP contribution in [0.1, 0.15) is 67.9 Å². The molecule has 1 fully saturated rings. The van der Waals surface area contributed by atoms with Gasteiger partial charge in [-0.2, -0.15) is 0 Å². The summed E-state index contributed by atoms with van der Waals surface area (Å²) >= 11 is 0. The number of nitrogens with zero attached hydrogens (tertiary/aromatic N) is 1. The van der Waals surface area contributed by atoms with Gasteiger partial charge in [0.05, 0.1) is 11.5 Å². The average molecular weight is 591 g/mol. The number of aliphatic carboxylic acids is 1. The predicted octanol–water partition coefficient (Wildman–Crippen LogP) is 5.51. The normalized spacial score (nSPS) is 16.0. The summed E-state index contributed by atoms with van der Waals surface area (Å²) in [5, 5.41) is 32.2. The standard InChI is InChI=1S/C32H39NO4.Y/c1-31(2,30(35)36)25-17-15-24(16-18-25)29(34)14-9-21-33-22-19-28(20-23-33)32(37,26-10-5-3-6-11-26)27-12-7-4-8-13-27;/h3-8,10-13,15-18,28-29,34,37H,9,14,19-23H2,1-2H3,(H,35,36);. The Bertz CT molecular complexity index is 1100. The number of rotatable bonds is 10. The van der Waals surface area contributed by atoms with Crippen LogP contribution in [0.15, 0.2) is 84.9 Å². The molecule has 0 aromatic heterocycles. The Kier molecular flexibility index (Phi) is 10.9. The van der Waals surface area contributed by atoms with E-state index < -0.39 is 23.1 Å². The first-order chi connectivity index (χ1) is 17.7. The van der Waals surface area contributed by atoms with Crippen molar-refractivity contribution in [3.63, 3.8) is 0 Å². The fourth-order valence-corrected chi connectivity index (χ4v) is 5.52. The van der Waals surface area contributed by atoms with E-state index in [1.807, 2.05) is 72.8 Å². The zero-order valence-electron chi connectivity index (χ0n) is 22.5. The van der Waals surface area contributed by atoms with Crippen LogP contribution in [0.25, 0.3) is 0 Å². The number of aliphatic hydroxyl groups excluding tert-OH is 1. The van der Waals surface area contributed by atoms with Crippen molar-refractivity contribution < 1.29 is 52.8 Å². The van der Waals surface area contributed by atoms with E-state index in [1.165, 1.54) is 0 Å². The molecule has 1 saturated heterocycles. The third kappa shape index (κ3) is 6.81. The molecule has 3 aromatic rings. The summed E-state index contributed by atoms with van der Waals surface area (Å²) in [6.45, 7) is 6.11. The third-order valence-corrected chi connectivity index (χ3v) is 8.11. The van der Waals surface area contributed by atoms with E-state index in [4.69, 9.17) is 0 Å². The van der Waals surface area contributed by atoms with Gasteiger partial charge in [0.15, 0.2) is 0 Å². The van der Waals surface area contributed by atoms with Gasteiger partial charge in [-0.05, 0) is 87.3 Å². The summed E-state index contributed by atoms with van der Waals surface area (Å²) < 4.78 is 0. The Morgan fingerprint density at radius 3 is 1.84 bits per heavy atom. The molecule has 3 aromatic carbocycles. The zero-order valence-corrected chi connectivity index (χ0v) is 25.3. The fourth-order valence-electron chi connectivity index (χ4n) is 5.52. The topological polar surface area (TPSA) is 81.0 Å². The Morgan fingerprint density at radius 2 is 1.37 bits per heavy atom. The molecule has 38 heavy (non-hydrogen) atoms. The second-order valence-electron chi connectivity index (χ2n) is 10.8. The van der Waals surface area contributed by atoms with Crippen LogP contribution < -0.4 is 0 Å². The number of benzene rings is 3. The first kappa shape index (κ1) is 30.7. The minimum absolute atomic E-state index is 0. The molecule has 1 aliphatic heterocycles. The minimum Gasteiger partial charge on any atom is -0.481 e. The molecule has 1 unspecified atom stereocenters. The van der Waals surface area contributed by atoms with E-state index in [-0.39, 0.29) is 38.6 Å². The summed E-state index contributed by atoms with van der Waals surface area (Å²) in [5.74, 6) is -0.733. The van der Waals surface area contributed by atoms with Crippen molar-refractivity contribution in [1.29, 1.82) is 0 Å². The van der Waals surface area contributed by atoms with E-state index in [0.29, 0.717) is 6.42 Å². The van der Waals surface area contributed by atoms with Gasteiger partial charge in [-0.15, -0.1) is 0 Å². The van der Waals surface area contributed by atoms with Crippen molar-refractivity contribution in [2.45, 2.75) is 56.7 Å². The van der Waals surface area contributed by atoms with Crippen LogP contribution >= 0.6 is 0 Å². The van der Waals surface area contributed by atoms with Gasteiger partial charge >= 0.3 is 5.97 Å².